The van der Waals surface area contributed by atoms with Crippen molar-refractivity contribution in [1.29, 1.82) is 0 Å². The van der Waals surface area contributed by atoms with Gasteiger partial charge in [-0.05, 0) is 42.5 Å². The second-order valence-corrected chi connectivity index (χ2v) is 3.77. The SMILES string of the molecule is Nc1ccc(Oc2ccc(N)cc2C(F)F)cc1. The number of anilines is 2. The van der Waals surface area contributed by atoms with E-state index in [0.29, 0.717) is 11.4 Å². The Hall–Kier alpha value is -2.30. The summed E-state index contributed by atoms with van der Waals surface area (Å²) < 4.78 is 31.0. The van der Waals surface area contributed by atoms with Crippen molar-refractivity contribution in [2.45, 2.75) is 6.43 Å². The third kappa shape index (κ3) is 2.68. The zero-order chi connectivity index (χ0) is 13.1. The maximum atomic E-state index is 12.8. The lowest BCUT2D eigenvalue weighted by Crippen LogP contribution is -1.95. The molecule has 0 aliphatic carbocycles. The van der Waals surface area contributed by atoms with Crippen molar-refractivity contribution >= 4 is 11.4 Å². The smallest absolute Gasteiger partial charge is 0.267 e. The molecule has 0 aliphatic rings. The van der Waals surface area contributed by atoms with Crippen LogP contribution >= 0.6 is 0 Å². The molecule has 0 saturated heterocycles. The minimum atomic E-state index is -2.64. The zero-order valence-electron chi connectivity index (χ0n) is 9.44. The van der Waals surface area contributed by atoms with Crippen molar-refractivity contribution < 1.29 is 13.5 Å². The number of nitrogens with two attached hydrogens (primary N) is 2. The van der Waals surface area contributed by atoms with Crippen LogP contribution in [-0.4, -0.2) is 0 Å². The Morgan fingerprint density at radius 2 is 1.50 bits per heavy atom. The molecular weight excluding hydrogens is 238 g/mol. The van der Waals surface area contributed by atoms with E-state index >= 15 is 0 Å². The fraction of sp³-hybridized carbons (Fsp3) is 0.0769. The minimum Gasteiger partial charge on any atom is -0.457 e. The zero-order valence-corrected chi connectivity index (χ0v) is 9.44. The van der Waals surface area contributed by atoms with Gasteiger partial charge in [0, 0.05) is 11.4 Å². The van der Waals surface area contributed by atoms with Gasteiger partial charge in [0.2, 0.25) is 0 Å². The van der Waals surface area contributed by atoms with Crippen LogP contribution in [0.25, 0.3) is 0 Å². The van der Waals surface area contributed by atoms with Gasteiger partial charge in [-0.3, -0.25) is 0 Å². The maximum Gasteiger partial charge on any atom is 0.267 e. The topological polar surface area (TPSA) is 61.3 Å². The summed E-state index contributed by atoms with van der Waals surface area (Å²) >= 11 is 0. The van der Waals surface area contributed by atoms with E-state index in [9.17, 15) is 8.78 Å². The number of rotatable bonds is 3. The molecule has 0 spiro atoms. The first kappa shape index (κ1) is 12.2. The summed E-state index contributed by atoms with van der Waals surface area (Å²) in [4.78, 5) is 0. The van der Waals surface area contributed by atoms with Crippen LogP contribution in [0.15, 0.2) is 42.5 Å². The molecule has 0 radical (unpaired) electrons. The second-order valence-electron chi connectivity index (χ2n) is 3.77. The largest absolute Gasteiger partial charge is 0.457 e. The van der Waals surface area contributed by atoms with E-state index in [2.05, 4.69) is 0 Å². The summed E-state index contributed by atoms with van der Waals surface area (Å²) in [5.41, 5.74) is 11.6. The Balaban J connectivity index is 2.31. The van der Waals surface area contributed by atoms with E-state index in [4.69, 9.17) is 16.2 Å². The van der Waals surface area contributed by atoms with E-state index in [0.717, 1.165) is 0 Å². The molecule has 0 aromatic heterocycles. The highest BCUT2D eigenvalue weighted by Gasteiger charge is 2.15. The average molecular weight is 250 g/mol. The number of alkyl halides is 2. The predicted octanol–water partition coefficient (Wildman–Crippen LogP) is 3.58. The molecule has 4 N–H and O–H groups in total. The van der Waals surface area contributed by atoms with Crippen LogP contribution in [0.5, 0.6) is 11.5 Å². The van der Waals surface area contributed by atoms with Crippen molar-refractivity contribution in [3.05, 3.63) is 48.0 Å². The van der Waals surface area contributed by atoms with E-state index < -0.39 is 6.43 Å². The van der Waals surface area contributed by atoms with Gasteiger partial charge in [-0.15, -0.1) is 0 Å². The van der Waals surface area contributed by atoms with Crippen LogP contribution in [0.2, 0.25) is 0 Å². The van der Waals surface area contributed by atoms with Crippen LogP contribution in [0, 0.1) is 0 Å². The number of hydrogen-bond acceptors (Lipinski definition) is 3. The highest BCUT2D eigenvalue weighted by molar-refractivity contribution is 5.50. The Kier molecular flexibility index (Phi) is 3.32. The second kappa shape index (κ2) is 4.91. The molecule has 2 rings (SSSR count). The van der Waals surface area contributed by atoms with Gasteiger partial charge in [0.05, 0.1) is 5.56 Å². The molecule has 0 aliphatic heterocycles. The standard InChI is InChI=1S/C13H12F2N2O/c14-13(15)11-7-9(17)3-6-12(11)18-10-4-1-8(16)2-5-10/h1-7,13H,16-17H2. The van der Waals surface area contributed by atoms with Crippen molar-refractivity contribution in [1.82, 2.24) is 0 Å². The van der Waals surface area contributed by atoms with Crippen molar-refractivity contribution in [3.63, 3.8) is 0 Å². The summed E-state index contributed by atoms with van der Waals surface area (Å²) in [6.45, 7) is 0. The van der Waals surface area contributed by atoms with Gasteiger partial charge in [-0.25, -0.2) is 8.78 Å². The molecular formula is C13H12F2N2O. The van der Waals surface area contributed by atoms with E-state index in [1.54, 1.807) is 24.3 Å². The minimum absolute atomic E-state index is 0.0870. The van der Waals surface area contributed by atoms with Crippen molar-refractivity contribution in [2.75, 3.05) is 11.5 Å². The lowest BCUT2D eigenvalue weighted by molar-refractivity contribution is 0.148. The molecule has 94 valence electrons. The third-order valence-corrected chi connectivity index (χ3v) is 2.38. The summed E-state index contributed by atoms with van der Waals surface area (Å²) in [5.74, 6) is 0.528. The number of hydrogen-bond donors (Lipinski definition) is 2. The third-order valence-electron chi connectivity index (χ3n) is 2.38. The van der Waals surface area contributed by atoms with Gasteiger partial charge in [-0.2, -0.15) is 0 Å². The molecule has 2 aromatic carbocycles. The molecule has 0 fully saturated rings. The van der Waals surface area contributed by atoms with Gasteiger partial charge >= 0.3 is 0 Å². The van der Waals surface area contributed by atoms with Gasteiger partial charge in [0.1, 0.15) is 11.5 Å². The normalized spacial score (nSPS) is 10.6. The summed E-state index contributed by atoms with van der Waals surface area (Å²) in [7, 11) is 0. The van der Waals surface area contributed by atoms with Crippen LogP contribution in [0.3, 0.4) is 0 Å². The molecule has 0 amide bonds. The number of nitrogen functional groups attached to an aromatic ring is 2. The Labute approximate surface area is 103 Å². The molecule has 0 saturated carbocycles. The molecule has 3 nitrogen and oxygen atoms in total. The van der Waals surface area contributed by atoms with Crippen molar-refractivity contribution in [3.8, 4) is 11.5 Å². The first-order chi connectivity index (χ1) is 8.56. The van der Waals surface area contributed by atoms with E-state index in [1.807, 2.05) is 0 Å². The van der Waals surface area contributed by atoms with Crippen molar-refractivity contribution in [2.24, 2.45) is 0 Å². The van der Waals surface area contributed by atoms with Crippen LogP contribution in [-0.2, 0) is 0 Å². The van der Waals surface area contributed by atoms with Crippen LogP contribution < -0.4 is 16.2 Å². The fourth-order valence-corrected chi connectivity index (χ4v) is 1.49. The van der Waals surface area contributed by atoms with E-state index in [1.165, 1.54) is 18.2 Å². The first-order valence-corrected chi connectivity index (χ1v) is 5.27. The summed E-state index contributed by atoms with van der Waals surface area (Å²) in [6, 6.07) is 10.6. The van der Waals surface area contributed by atoms with Gasteiger partial charge in [-0.1, -0.05) is 0 Å². The van der Waals surface area contributed by atoms with Gasteiger partial charge in [0.25, 0.3) is 6.43 Å². The number of ether oxygens (including phenoxy) is 1. The van der Waals surface area contributed by atoms with Crippen LogP contribution in [0.1, 0.15) is 12.0 Å². The maximum absolute atomic E-state index is 12.8. The molecule has 18 heavy (non-hydrogen) atoms. The Morgan fingerprint density at radius 3 is 2.11 bits per heavy atom. The molecule has 0 unspecified atom stereocenters. The monoisotopic (exact) mass is 250 g/mol. The number of benzene rings is 2. The fourth-order valence-electron chi connectivity index (χ4n) is 1.49. The molecule has 5 heteroatoms. The molecule has 0 bridgehead atoms. The molecule has 0 atom stereocenters. The predicted molar refractivity (Wildman–Crippen MR) is 66.7 cm³/mol. The van der Waals surface area contributed by atoms with Gasteiger partial charge < -0.3 is 16.2 Å². The Morgan fingerprint density at radius 1 is 0.889 bits per heavy atom. The Bertz CT molecular complexity index is 541. The molecule has 0 heterocycles. The van der Waals surface area contributed by atoms with Gasteiger partial charge in [0.15, 0.2) is 0 Å². The quantitative estimate of drug-likeness (QED) is 0.818. The highest BCUT2D eigenvalue weighted by Crippen LogP contribution is 2.33. The first-order valence-electron chi connectivity index (χ1n) is 5.27. The summed E-state index contributed by atoms with van der Waals surface area (Å²) in [6.07, 6.45) is -2.64. The highest BCUT2D eigenvalue weighted by atomic mass is 19.3. The van der Waals surface area contributed by atoms with E-state index in [-0.39, 0.29) is 17.0 Å². The summed E-state index contributed by atoms with van der Waals surface area (Å²) in [5, 5.41) is 0. The lowest BCUT2D eigenvalue weighted by atomic mass is 10.2. The van der Waals surface area contributed by atoms with Crippen LogP contribution in [0.4, 0.5) is 20.2 Å². The lowest BCUT2D eigenvalue weighted by Gasteiger charge is -2.11. The molecule has 2 aromatic rings. The average Bonchev–Trinajstić information content (AvgIpc) is 2.34. The number of halogens is 2.